The Morgan fingerprint density at radius 1 is 0.800 bits per heavy atom. The van der Waals surface area contributed by atoms with Gasteiger partial charge in [0.1, 0.15) is 17.5 Å². The van der Waals surface area contributed by atoms with Crippen molar-refractivity contribution >= 4 is 47.3 Å². The van der Waals surface area contributed by atoms with E-state index >= 15 is 0 Å². The Morgan fingerprint density at radius 3 is 2.19 bits per heavy atom. The number of phenolic OH excluding ortho intramolecular Hbond substituents is 1. The van der Waals surface area contributed by atoms with Crippen molar-refractivity contribution < 1.29 is 71.7 Å². The van der Waals surface area contributed by atoms with Crippen LogP contribution in [0.25, 0.3) is 11.3 Å². The van der Waals surface area contributed by atoms with Gasteiger partial charge in [0.05, 0.1) is 75.6 Å². The van der Waals surface area contributed by atoms with E-state index in [0.717, 1.165) is 22.4 Å². The lowest BCUT2D eigenvalue weighted by molar-refractivity contribution is -0.136. The summed E-state index contributed by atoms with van der Waals surface area (Å²) in [4.78, 5) is 103. The topological polar surface area (TPSA) is 284 Å². The zero-order valence-electron chi connectivity index (χ0n) is 38.5. The molecule has 8 amide bonds. The smallest absolute Gasteiger partial charge is 0.273 e. The largest absolute Gasteiger partial charge is 0.507 e. The quantitative estimate of drug-likeness (QED) is 0.0492. The lowest BCUT2D eigenvalue weighted by atomic mass is 10.0. The molecule has 3 aliphatic rings. The van der Waals surface area contributed by atoms with E-state index in [1.807, 2.05) is 6.07 Å². The second kappa shape index (κ2) is 23.7. The van der Waals surface area contributed by atoms with Crippen molar-refractivity contribution in [1.82, 2.24) is 36.2 Å². The molecule has 1 fully saturated rings. The Balaban J connectivity index is 0.695. The van der Waals surface area contributed by atoms with Crippen molar-refractivity contribution in [2.45, 2.75) is 37.8 Å². The summed E-state index contributed by atoms with van der Waals surface area (Å²) in [5.41, 5.74) is 2.91. The highest BCUT2D eigenvalue weighted by Gasteiger charge is 2.46. The van der Waals surface area contributed by atoms with Gasteiger partial charge in [-0.2, -0.15) is 0 Å². The fourth-order valence-corrected chi connectivity index (χ4v) is 7.91. The predicted molar refractivity (Wildman–Crippen MR) is 244 cm³/mol. The Bertz CT molecular complexity index is 2630. The first-order valence-electron chi connectivity index (χ1n) is 22.6. The molecule has 0 saturated carbocycles. The number of aromatic nitrogens is 1. The molecule has 3 aromatic carbocycles. The van der Waals surface area contributed by atoms with Crippen LogP contribution in [0.15, 0.2) is 65.2 Å². The highest BCUT2D eigenvalue weighted by atomic mass is 16.6. The molecule has 0 spiro atoms. The maximum atomic E-state index is 13.2. The molecule has 22 nitrogen and oxygen atoms in total. The number of piperidine rings is 1. The second-order valence-corrected chi connectivity index (χ2v) is 16.5. The maximum absolute atomic E-state index is 13.2. The average Bonchev–Trinajstić information content (AvgIpc) is 4.07. The van der Waals surface area contributed by atoms with Crippen LogP contribution in [0.1, 0.15) is 88.4 Å². The van der Waals surface area contributed by atoms with Crippen molar-refractivity contribution in [3.05, 3.63) is 99.7 Å². The zero-order valence-corrected chi connectivity index (χ0v) is 38.5. The molecule has 1 saturated heterocycles. The van der Waals surface area contributed by atoms with E-state index in [1.165, 1.54) is 41.3 Å². The molecule has 3 heterocycles. The lowest BCUT2D eigenvalue weighted by Crippen LogP contribution is -2.54. The number of hydrogen-bond acceptors (Lipinski definition) is 16. The van der Waals surface area contributed by atoms with Crippen LogP contribution in [-0.4, -0.2) is 160 Å². The number of aryl methyl sites for hydroxylation is 1. The van der Waals surface area contributed by atoms with Crippen LogP contribution in [0, 0.1) is 0 Å². The molecule has 1 aliphatic carbocycles. The molecule has 1 unspecified atom stereocenters. The van der Waals surface area contributed by atoms with Crippen LogP contribution in [0.3, 0.4) is 0 Å². The predicted octanol–water partition coefficient (Wildman–Crippen LogP) is 1.56. The van der Waals surface area contributed by atoms with Gasteiger partial charge in [-0.15, -0.1) is 0 Å². The minimum atomic E-state index is -1.12. The molecule has 0 radical (unpaired) electrons. The van der Waals surface area contributed by atoms with Crippen molar-refractivity contribution in [2.75, 3.05) is 86.6 Å². The number of fused-ring (bicyclic) bond motifs is 2. The summed E-state index contributed by atoms with van der Waals surface area (Å²) >= 11 is 0. The Kier molecular flexibility index (Phi) is 17.0. The minimum absolute atomic E-state index is 0.00537. The summed E-state index contributed by atoms with van der Waals surface area (Å²) in [5.74, 6) is -4.16. The molecule has 70 heavy (non-hydrogen) atoms. The minimum Gasteiger partial charge on any atom is -0.507 e. The van der Waals surface area contributed by atoms with Crippen LogP contribution < -0.4 is 26.0 Å². The molecule has 7 rings (SSSR count). The van der Waals surface area contributed by atoms with Crippen molar-refractivity contribution in [3.63, 3.8) is 0 Å². The van der Waals surface area contributed by atoms with Gasteiger partial charge in [-0.05, 0) is 66.8 Å². The lowest BCUT2D eigenvalue weighted by Gasteiger charge is -2.27. The van der Waals surface area contributed by atoms with E-state index in [4.69, 9.17) is 28.2 Å². The van der Waals surface area contributed by atoms with Crippen molar-refractivity contribution in [2.24, 2.45) is 0 Å². The van der Waals surface area contributed by atoms with E-state index in [0.29, 0.717) is 50.6 Å². The van der Waals surface area contributed by atoms with Gasteiger partial charge in [0.25, 0.3) is 35.4 Å². The Morgan fingerprint density at radius 2 is 1.50 bits per heavy atom. The third-order valence-corrected chi connectivity index (χ3v) is 11.5. The normalized spacial score (nSPS) is 16.1. The van der Waals surface area contributed by atoms with Gasteiger partial charge >= 0.3 is 0 Å². The number of amides is 8. The third-order valence-electron chi connectivity index (χ3n) is 11.5. The summed E-state index contributed by atoms with van der Waals surface area (Å²) in [6, 6.07) is 14.2. The van der Waals surface area contributed by atoms with Crippen LogP contribution >= 0.6 is 0 Å². The molecule has 4 aromatic rings. The molecular weight excluding hydrogens is 915 g/mol. The number of aromatic hydroxyl groups is 1. The van der Waals surface area contributed by atoms with Gasteiger partial charge in [-0.3, -0.25) is 48.6 Å². The van der Waals surface area contributed by atoms with Gasteiger partial charge in [0.15, 0.2) is 18.1 Å². The van der Waals surface area contributed by atoms with E-state index in [9.17, 15) is 43.5 Å². The molecule has 1 aromatic heterocycles. The number of ether oxygens (including phenoxy) is 5. The molecule has 2 atom stereocenters. The number of nitrogens with zero attached hydrogens (tertiary/aromatic N) is 3. The molecule has 370 valence electrons. The molecule has 0 bridgehead atoms. The Labute approximate surface area is 401 Å². The van der Waals surface area contributed by atoms with Crippen LogP contribution in [0.5, 0.6) is 11.5 Å². The van der Waals surface area contributed by atoms with Gasteiger partial charge in [0, 0.05) is 50.8 Å². The number of carbonyl (C=O) groups is 8. The highest BCUT2D eigenvalue weighted by Crippen LogP contribution is 2.35. The number of rotatable bonds is 24. The maximum Gasteiger partial charge on any atom is 0.273 e. The number of phenols is 1. The SMILES string of the molecule is CN(C)C(=O)c1ccc(-c2cc(C(=O)N[C@@H]3CCc4ccc(C(=O)NCCOCCOCCOCCOCCNC(=O)COc5cccc6c5C(=O)N(C5CCC(=O)NC5=O)C6=O)cc43)no2)cc1O. The first-order chi connectivity index (χ1) is 33.8. The van der Waals surface area contributed by atoms with Gasteiger partial charge < -0.3 is 54.2 Å². The first-order valence-corrected chi connectivity index (χ1v) is 22.6. The number of benzene rings is 3. The third kappa shape index (κ3) is 12.4. The number of imide groups is 2. The zero-order chi connectivity index (χ0) is 49.7. The van der Waals surface area contributed by atoms with Crippen LogP contribution in [0.2, 0.25) is 0 Å². The van der Waals surface area contributed by atoms with E-state index in [2.05, 4.69) is 26.4 Å². The summed E-state index contributed by atoms with van der Waals surface area (Å²) in [6.45, 7) is 2.35. The molecule has 5 N–H and O–H groups in total. The van der Waals surface area contributed by atoms with Crippen LogP contribution in [0.4, 0.5) is 0 Å². The van der Waals surface area contributed by atoms with E-state index in [-0.39, 0.29) is 103 Å². The average molecular weight is 968 g/mol. The fraction of sp³-hybridized carbons (Fsp3) is 0.396. The number of hydrogen-bond donors (Lipinski definition) is 5. The fourth-order valence-electron chi connectivity index (χ4n) is 7.91. The number of nitrogens with one attached hydrogen (secondary N) is 4. The summed E-state index contributed by atoms with van der Waals surface area (Å²) < 4.78 is 33.0. The molecule has 2 aliphatic heterocycles. The second-order valence-electron chi connectivity index (χ2n) is 16.5. The van der Waals surface area contributed by atoms with Crippen molar-refractivity contribution in [1.29, 1.82) is 0 Å². The van der Waals surface area contributed by atoms with Gasteiger partial charge in [-0.25, -0.2) is 0 Å². The monoisotopic (exact) mass is 967 g/mol. The molecular formula is C48H53N7O15. The van der Waals surface area contributed by atoms with Crippen molar-refractivity contribution in [3.8, 4) is 22.8 Å². The van der Waals surface area contributed by atoms with Gasteiger partial charge in [0.2, 0.25) is 11.8 Å². The first kappa shape index (κ1) is 50.3. The van der Waals surface area contributed by atoms with E-state index < -0.39 is 48.1 Å². The van der Waals surface area contributed by atoms with Crippen LogP contribution in [-0.2, 0) is 39.8 Å². The summed E-state index contributed by atoms with van der Waals surface area (Å²) in [6.07, 6.45) is 1.37. The highest BCUT2D eigenvalue weighted by molar-refractivity contribution is 6.24. The standard InChI is InChI=1S/C48H53N7O15/c1-54(2)46(62)31-10-8-29(25-37(31)56)39-26-35(53-70-39)44(60)51-34-11-9-28-6-7-30(24-33(28)34)43(59)50-15-17-66-19-21-68-23-22-67-20-18-65-16-14-49-41(58)27-69-38-5-3-4-32-42(38)48(64)55(47(32)63)36-12-13-40(57)52-45(36)61/h3-8,10,24-26,34,36,56H,9,11-23,27H2,1-2H3,(H,49,58)(H,50,59)(H,51,60)(H,52,57,61)/t34-,36?/m1/s1. The Hall–Kier alpha value is -7.53. The summed E-state index contributed by atoms with van der Waals surface area (Å²) in [5, 5.41) is 24.9. The number of carbonyl (C=O) groups excluding carboxylic acids is 8. The molecule has 22 heteroatoms. The summed E-state index contributed by atoms with van der Waals surface area (Å²) in [7, 11) is 3.16. The van der Waals surface area contributed by atoms with E-state index in [1.54, 1.807) is 32.3 Å². The van der Waals surface area contributed by atoms with Gasteiger partial charge in [-0.1, -0.05) is 23.4 Å².